The lowest BCUT2D eigenvalue weighted by atomic mass is 9.97. The number of aromatic nitrogens is 3. The van der Waals surface area contributed by atoms with Gasteiger partial charge < -0.3 is 10.6 Å². The molecule has 0 radical (unpaired) electrons. The summed E-state index contributed by atoms with van der Waals surface area (Å²) in [5.74, 6) is 0.742. The van der Waals surface area contributed by atoms with Crippen LogP contribution in [0, 0.1) is 17.0 Å². The van der Waals surface area contributed by atoms with Gasteiger partial charge in [-0.2, -0.15) is 20.1 Å². The van der Waals surface area contributed by atoms with Gasteiger partial charge in [-0.3, -0.25) is 10.1 Å². The molecule has 3 N–H and O–H groups in total. The molecule has 1 heterocycles. The first-order valence-corrected chi connectivity index (χ1v) is 12.8. The Bertz CT molecular complexity index is 1870. The maximum atomic E-state index is 11.0. The van der Waals surface area contributed by atoms with E-state index in [0.29, 0.717) is 11.6 Å². The lowest BCUT2D eigenvalue weighted by Crippen LogP contribution is -2.07. The van der Waals surface area contributed by atoms with Crippen molar-refractivity contribution in [2.45, 2.75) is 6.92 Å². The van der Waals surface area contributed by atoms with E-state index in [1.807, 2.05) is 55.5 Å². The summed E-state index contributed by atoms with van der Waals surface area (Å²) in [4.78, 5) is 24.1. The Kier molecular flexibility index (Phi) is 6.85. The third-order valence-corrected chi connectivity index (χ3v) is 6.53. The first kappa shape index (κ1) is 25.4. The molecule has 0 spiro atoms. The highest BCUT2D eigenvalue weighted by Gasteiger charge is 2.11. The van der Waals surface area contributed by atoms with Crippen molar-refractivity contribution in [2.75, 3.05) is 16.1 Å². The van der Waals surface area contributed by atoms with Crippen molar-refractivity contribution < 1.29 is 4.92 Å². The first-order chi connectivity index (χ1) is 20.0. The third kappa shape index (κ3) is 5.62. The molecular weight excluding hydrogens is 516 g/mol. The molecule has 200 valence electrons. The normalized spacial score (nSPS) is 11.1. The molecule has 0 amide bonds. The molecule has 5 aromatic carbocycles. The van der Waals surface area contributed by atoms with E-state index in [4.69, 9.17) is 0 Å². The van der Waals surface area contributed by atoms with E-state index in [-0.39, 0.29) is 17.6 Å². The highest BCUT2D eigenvalue weighted by Crippen LogP contribution is 2.27. The van der Waals surface area contributed by atoms with Crippen LogP contribution in [-0.2, 0) is 0 Å². The first-order valence-electron chi connectivity index (χ1n) is 12.8. The standard InChI is InChI=1S/C31H24N8O2/c1-20-8-2-7-13-28(20)34-30-35-29(33-23-14-16-24(17-15-23)39(40)41)36-31(37-30)38-32-19-27-25-11-5-3-9-21(25)18-22-10-4-6-12-26(22)27/h2-19H,1H3,(H3,33,34,35,36,37,38)/b32-19-. The van der Waals surface area contributed by atoms with Gasteiger partial charge >= 0.3 is 0 Å². The molecule has 6 rings (SSSR count). The summed E-state index contributed by atoms with van der Waals surface area (Å²) in [5.41, 5.74) is 6.37. The van der Waals surface area contributed by atoms with E-state index >= 15 is 0 Å². The van der Waals surface area contributed by atoms with Crippen LogP contribution in [0.5, 0.6) is 0 Å². The third-order valence-electron chi connectivity index (χ3n) is 6.53. The Hall–Kier alpha value is -5.90. The fraction of sp³-hybridized carbons (Fsp3) is 0.0323. The molecule has 0 aliphatic rings. The summed E-state index contributed by atoms with van der Waals surface area (Å²) in [6.07, 6.45) is 1.77. The number of benzene rings is 5. The predicted molar refractivity (Wildman–Crippen MR) is 163 cm³/mol. The predicted octanol–water partition coefficient (Wildman–Crippen LogP) is 7.33. The molecular formula is C31H24N8O2. The minimum atomic E-state index is -0.448. The SMILES string of the molecule is Cc1ccccc1Nc1nc(N/N=C\c2c3ccccc3cc3ccccc23)nc(Nc2ccc([N+](=O)[O-])cc2)n1. The molecule has 10 nitrogen and oxygen atoms in total. The van der Waals surface area contributed by atoms with Gasteiger partial charge in [0, 0.05) is 29.1 Å². The molecule has 0 saturated carbocycles. The second-order valence-electron chi connectivity index (χ2n) is 9.28. The second kappa shape index (κ2) is 11.1. The number of hydrogen-bond acceptors (Lipinski definition) is 9. The number of nitrogens with one attached hydrogen (secondary N) is 3. The zero-order chi connectivity index (χ0) is 28.2. The Labute approximate surface area is 235 Å². The lowest BCUT2D eigenvalue weighted by molar-refractivity contribution is -0.384. The fourth-order valence-corrected chi connectivity index (χ4v) is 4.51. The number of rotatable bonds is 8. The number of anilines is 5. The largest absolute Gasteiger partial charge is 0.324 e. The molecule has 0 bridgehead atoms. The summed E-state index contributed by atoms with van der Waals surface area (Å²) in [6.45, 7) is 1.98. The van der Waals surface area contributed by atoms with Crippen LogP contribution in [0.1, 0.15) is 11.1 Å². The molecule has 41 heavy (non-hydrogen) atoms. The number of hydrogen-bond donors (Lipinski definition) is 3. The van der Waals surface area contributed by atoms with E-state index in [1.54, 1.807) is 18.3 Å². The smallest absolute Gasteiger partial charge is 0.269 e. The summed E-state index contributed by atoms with van der Waals surface area (Å²) in [7, 11) is 0. The van der Waals surface area contributed by atoms with Crippen LogP contribution in [0.3, 0.4) is 0 Å². The van der Waals surface area contributed by atoms with Crippen molar-refractivity contribution in [1.29, 1.82) is 0 Å². The minimum Gasteiger partial charge on any atom is -0.324 e. The molecule has 10 heteroatoms. The van der Waals surface area contributed by atoms with Crippen molar-refractivity contribution in [1.82, 2.24) is 15.0 Å². The highest BCUT2D eigenvalue weighted by atomic mass is 16.6. The Morgan fingerprint density at radius 1 is 0.732 bits per heavy atom. The monoisotopic (exact) mass is 540 g/mol. The summed E-state index contributed by atoms with van der Waals surface area (Å²) in [5, 5.41) is 26.2. The maximum Gasteiger partial charge on any atom is 0.269 e. The number of para-hydroxylation sites is 1. The second-order valence-corrected chi connectivity index (χ2v) is 9.28. The molecule has 0 aliphatic carbocycles. The van der Waals surface area contributed by atoms with Crippen LogP contribution in [0.25, 0.3) is 21.5 Å². The number of hydrazone groups is 1. The van der Waals surface area contributed by atoms with Gasteiger partial charge in [0.25, 0.3) is 5.69 Å². The Morgan fingerprint density at radius 3 is 1.98 bits per heavy atom. The van der Waals surface area contributed by atoms with Crippen LogP contribution >= 0.6 is 0 Å². The lowest BCUT2D eigenvalue weighted by Gasteiger charge is -2.11. The fourth-order valence-electron chi connectivity index (χ4n) is 4.51. The average Bonchev–Trinajstić information content (AvgIpc) is 2.98. The van der Waals surface area contributed by atoms with Crippen molar-refractivity contribution in [2.24, 2.45) is 5.10 Å². The van der Waals surface area contributed by atoms with Gasteiger partial charge in [-0.25, -0.2) is 5.43 Å². The van der Waals surface area contributed by atoms with Crippen LogP contribution in [0.4, 0.5) is 34.9 Å². The molecule has 0 aliphatic heterocycles. The van der Waals surface area contributed by atoms with Crippen molar-refractivity contribution in [3.63, 3.8) is 0 Å². The van der Waals surface area contributed by atoms with Crippen LogP contribution in [-0.4, -0.2) is 26.1 Å². The minimum absolute atomic E-state index is 0.00856. The molecule has 0 fully saturated rings. The van der Waals surface area contributed by atoms with Crippen LogP contribution in [0.2, 0.25) is 0 Å². The van der Waals surface area contributed by atoms with E-state index < -0.39 is 4.92 Å². The van der Waals surface area contributed by atoms with Gasteiger partial charge in [-0.1, -0.05) is 66.7 Å². The molecule has 6 aromatic rings. The van der Waals surface area contributed by atoms with Gasteiger partial charge in [0.15, 0.2) is 0 Å². The van der Waals surface area contributed by atoms with Gasteiger partial charge in [0.05, 0.1) is 11.1 Å². The van der Waals surface area contributed by atoms with Gasteiger partial charge in [0.1, 0.15) is 0 Å². The number of nitro benzene ring substituents is 1. The van der Waals surface area contributed by atoms with E-state index in [9.17, 15) is 10.1 Å². The summed E-state index contributed by atoms with van der Waals surface area (Å²) >= 11 is 0. The topological polar surface area (TPSA) is 130 Å². The van der Waals surface area contributed by atoms with Gasteiger partial charge in [-0.15, -0.1) is 0 Å². The molecule has 0 unspecified atom stereocenters. The zero-order valence-electron chi connectivity index (χ0n) is 21.9. The van der Waals surface area contributed by atoms with Crippen molar-refractivity contribution in [3.05, 3.63) is 124 Å². The zero-order valence-corrected chi connectivity index (χ0v) is 21.9. The number of nitro groups is 1. The maximum absolute atomic E-state index is 11.0. The van der Waals surface area contributed by atoms with Gasteiger partial charge in [-0.05, 0) is 58.3 Å². The summed E-state index contributed by atoms with van der Waals surface area (Å²) < 4.78 is 0. The Morgan fingerprint density at radius 2 is 1.32 bits per heavy atom. The van der Waals surface area contributed by atoms with E-state index in [1.165, 1.54) is 12.1 Å². The number of nitrogens with zero attached hydrogens (tertiary/aromatic N) is 5. The summed E-state index contributed by atoms with van der Waals surface area (Å²) in [6, 6.07) is 32.3. The number of aryl methyl sites for hydroxylation is 1. The van der Waals surface area contributed by atoms with E-state index in [2.05, 4.69) is 66.4 Å². The molecule has 0 saturated heterocycles. The van der Waals surface area contributed by atoms with Crippen LogP contribution in [0.15, 0.2) is 108 Å². The van der Waals surface area contributed by atoms with Crippen molar-refractivity contribution >= 4 is 62.7 Å². The quantitative estimate of drug-likeness (QED) is 0.0792. The van der Waals surface area contributed by atoms with Crippen molar-refractivity contribution in [3.8, 4) is 0 Å². The Balaban J connectivity index is 1.34. The average molecular weight is 541 g/mol. The highest BCUT2D eigenvalue weighted by molar-refractivity contribution is 6.13. The van der Waals surface area contributed by atoms with E-state index in [0.717, 1.165) is 38.4 Å². The van der Waals surface area contributed by atoms with Gasteiger partial charge in [0.2, 0.25) is 17.8 Å². The molecule has 1 aromatic heterocycles. The number of non-ortho nitro benzene ring substituents is 1. The molecule has 0 atom stereocenters. The number of fused-ring (bicyclic) bond motifs is 2. The van der Waals surface area contributed by atoms with Crippen LogP contribution < -0.4 is 16.1 Å².